The van der Waals surface area contributed by atoms with Crippen molar-refractivity contribution in [3.8, 4) is 0 Å². The average molecular weight is 1880 g/mol. The molecule has 3 aliphatic rings. The number of unbranched alkanes of at least 4 members (excludes halogenated alkanes) is 12. The fourth-order valence-corrected chi connectivity index (χ4v) is 20.6. The van der Waals surface area contributed by atoms with Crippen molar-refractivity contribution in [1.29, 1.82) is 0 Å². The highest BCUT2D eigenvalue weighted by molar-refractivity contribution is 6.51. The van der Waals surface area contributed by atoms with Gasteiger partial charge in [-0.3, -0.25) is 62.6 Å². The molecule has 722 valence electrons. The monoisotopic (exact) mass is 1880 g/mol. The lowest BCUT2D eigenvalue weighted by Gasteiger charge is -2.19. The number of rotatable bonds is 42. The number of hydrogen-bond acceptors (Lipinski definition) is 12. The topological polar surface area (TPSA) is 341 Å². The van der Waals surface area contributed by atoms with Gasteiger partial charge < -0.3 is 45.5 Å². The first-order valence-electron chi connectivity index (χ1n) is 49.9. The van der Waals surface area contributed by atoms with E-state index in [1.165, 1.54) is 48.7 Å². The standard InChI is InChI=1S/C31H33N3O3.C30H29N3O4.C29H35N3O2.C27H31N3O2/c1-4-21(35)13-7-5-6-12-18-34-30(36)28(26-19(2)32-24-16-10-8-14-22(24)26)29(31(34)37)27-20(3)33-25-17-11-9-15-23(25)27;1-2-19(34)11-5-3-4-6-16-26(35)33-29(36)27(22-17-31-24-14-9-7-12-20(22)24)28(30(33)37)23-18-32-25-15-10-8-13-21(23)25;1-19-28(22-13-8-10-15-25(22)31-19)24(29-20(2)32-26-16-11-9-14-23(26)29)18-21(33)12-6-4-5-7-17-27(34)30-3;1-28-27(32)15-5-3-2-4-10-19(31)16-22(23-17-29-25-13-8-6-11-20(23)25)24-18-30-26-14-9-7-12-21(24)26/h8-11,14-17,32-33H,4-7,12-13,18H2,1-3H3;7-10,12-15,17-18,22,32H,2-6,11,16H2,1H3;8-11,13-16,24,31-32H,4-7,12,17-18H2,1-3H3,(H,30,34);6-9,11-14,17-18,22,29-30H,2-5,10,15-16H2,1H3,(H,28,32). The summed E-state index contributed by atoms with van der Waals surface area (Å²) < 4.78 is 0. The van der Waals surface area contributed by atoms with Crippen molar-refractivity contribution in [1.82, 2.24) is 55.3 Å². The first-order valence-corrected chi connectivity index (χ1v) is 49.9. The lowest BCUT2D eigenvalue weighted by atomic mass is 9.83. The maximum Gasteiger partial charge on any atom is 0.268 e. The van der Waals surface area contributed by atoms with Gasteiger partial charge in [-0.1, -0.05) is 211 Å². The molecule has 0 bridgehead atoms. The van der Waals surface area contributed by atoms with Gasteiger partial charge in [0.25, 0.3) is 23.6 Å². The quantitative estimate of drug-likeness (QED) is 0.0128. The molecule has 1 atom stereocenters. The Morgan fingerprint density at radius 1 is 0.350 bits per heavy atom. The third-order valence-corrected chi connectivity index (χ3v) is 27.8. The number of fused-ring (bicyclic) bond motifs is 8. The van der Waals surface area contributed by atoms with Crippen LogP contribution in [0.3, 0.4) is 0 Å². The van der Waals surface area contributed by atoms with E-state index in [2.05, 4.69) is 137 Å². The highest BCUT2D eigenvalue weighted by Gasteiger charge is 2.48. The van der Waals surface area contributed by atoms with E-state index in [1.54, 1.807) is 26.5 Å². The van der Waals surface area contributed by atoms with Crippen LogP contribution in [0.4, 0.5) is 5.69 Å². The van der Waals surface area contributed by atoms with Gasteiger partial charge in [-0.05, 0) is 155 Å². The van der Waals surface area contributed by atoms with Crippen molar-refractivity contribution in [2.24, 2.45) is 4.99 Å². The molecule has 10 heterocycles. The van der Waals surface area contributed by atoms with Crippen molar-refractivity contribution in [2.45, 2.75) is 233 Å². The molecule has 8 aromatic carbocycles. The molecule has 0 saturated carbocycles. The third-order valence-electron chi connectivity index (χ3n) is 27.8. The minimum absolute atomic E-state index is 0.00282. The summed E-state index contributed by atoms with van der Waals surface area (Å²) in [5, 5.41) is 12.7. The van der Waals surface area contributed by atoms with Gasteiger partial charge in [0, 0.05) is 249 Å². The first-order chi connectivity index (χ1) is 68.1. The molecule has 0 aliphatic carbocycles. The second-order valence-electron chi connectivity index (χ2n) is 37.2. The predicted octanol–water partition coefficient (Wildman–Crippen LogP) is 24.4. The summed E-state index contributed by atoms with van der Waals surface area (Å²) in [5.74, 6) is -1.35. The molecule has 0 saturated heterocycles. The lowest BCUT2D eigenvalue weighted by molar-refractivity contribution is -0.149. The summed E-state index contributed by atoms with van der Waals surface area (Å²) in [6.07, 6.45) is 26.9. The molecular formula is C117H128N12O11. The maximum atomic E-state index is 14.0. The van der Waals surface area contributed by atoms with Gasteiger partial charge in [0.1, 0.15) is 23.1 Å². The van der Waals surface area contributed by atoms with Gasteiger partial charge >= 0.3 is 0 Å². The number of carbonyl (C=O) groups excluding carboxylic acids is 11. The second-order valence-corrected chi connectivity index (χ2v) is 37.2. The van der Waals surface area contributed by atoms with Crippen LogP contribution in [0.1, 0.15) is 272 Å². The number of Topliss-reactive ketones (excluding diaryl/α,β-unsaturated/α-hetero) is 4. The number of aryl methyl sites for hydroxylation is 4. The largest absolute Gasteiger partial charge is 0.361 e. The lowest BCUT2D eigenvalue weighted by Crippen LogP contribution is -2.38. The van der Waals surface area contributed by atoms with Gasteiger partial charge in [-0.15, -0.1) is 0 Å². The normalized spacial score (nSPS) is 13.6. The first kappa shape index (κ1) is 99.7. The van der Waals surface area contributed by atoms with Crippen molar-refractivity contribution in [2.75, 3.05) is 20.6 Å². The number of aromatic nitrogens is 7. The molecule has 23 heteroatoms. The zero-order valence-electron chi connectivity index (χ0n) is 81.6. The Balaban J connectivity index is 0.000000141. The van der Waals surface area contributed by atoms with Gasteiger partial charge in [0.05, 0.1) is 28.3 Å². The molecular weight excluding hydrogens is 1750 g/mol. The number of nitrogens with one attached hydrogen (secondary N) is 9. The van der Waals surface area contributed by atoms with E-state index in [0.29, 0.717) is 99.7 Å². The highest BCUT2D eigenvalue weighted by Crippen LogP contribution is 2.48. The number of ketones is 4. The SMILES string of the molecule is CCC(=O)CCCCCCC(=O)N1C(=O)C(c2c[nH]c3ccccc23)=C(C2C=Nc3ccccc32)C1=O.CCC(=O)CCCCCCN1C(=O)C(c2c(C)[nH]c3ccccc23)=C(c2c(C)[nH]c3ccccc23)C1=O.CNC(=O)CCCCCCC(=O)CC(c1c(C)[nH]c2ccccc12)c1c(C)[nH]c2ccccc12.CNC(=O)CCCCCCC(=O)CC(c1c[nH]c2ccccc12)c1c[nH]c2ccccc12. The van der Waals surface area contributed by atoms with Crippen LogP contribution in [0, 0.1) is 27.7 Å². The number of para-hydroxylation sites is 8. The molecule has 0 radical (unpaired) electrons. The van der Waals surface area contributed by atoms with Gasteiger partial charge in [0.15, 0.2) is 0 Å². The Labute approximate surface area is 816 Å². The minimum Gasteiger partial charge on any atom is -0.361 e. The van der Waals surface area contributed by atoms with Crippen LogP contribution >= 0.6 is 0 Å². The summed E-state index contributed by atoms with van der Waals surface area (Å²) in [5.41, 5.74) is 21.2. The summed E-state index contributed by atoms with van der Waals surface area (Å²) in [6, 6.07) is 64.2. The predicted molar refractivity (Wildman–Crippen MR) is 560 cm³/mol. The van der Waals surface area contributed by atoms with E-state index in [4.69, 9.17) is 0 Å². The molecule has 18 rings (SSSR count). The molecule has 1 unspecified atom stereocenters. The van der Waals surface area contributed by atoms with E-state index < -0.39 is 23.6 Å². The van der Waals surface area contributed by atoms with Gasteiger partial charge in [-0.25, -0.2) is 4.90 Å². The zero-order chi connectivity index (χ0) is 98.5. The van der Waals surface area contributed by atoms with Crippen molar-refractivity contribution in [3.05, 3.63) is 286 Å². The van der Waals surface area contributed by atoms with E-state index in [0.717, 1.165) is 201 Å². The second kappa shape index (κ2) is 47.1. The Morgan fingerprint density at radius 2 is 0.707 bits per heavy atom. The number of imide groups is 4. The minimum atomic E-state index is -0.582. The zero-order valence-corrected chi connectivity index (χ0v) is 81.6. The van der Waals surface area contributed by atoms with Crippen LogP contribution in [0.15, 0.2) is 223 Å². The summed E-state index contributed by atoms with van der Waals surface area (Å²) in [4.78, 5) is 171. The Kier molecular flexibility index (Phi) is 33.5. The number of aromatic amines is 7. The number of carbonyl (C=O) groups is 11. The van der Waals surface area contributed by atoms with E-state index in [1.807, 2.05) is 161 Å². The van der Waals surface area contributed by atoms with Crippen LogP contribution < -0.4 is 10.6 Å². The van der Waals surface area contributed by atoms with E-state index in [9.17, 15) is 52.7 Å². The number of benzene rings is 8. The molecule has 15 aromatic rings. The summed E-state index contributed by atoms with van der Waals surface area (Å²) >= 11 is 0. The molecule has 0 fully saturated rings. The molecule has 3 aliphatic heterocycles. The van der Waals surface area contributed by atoms with Crippen LogP contribution in [0.2, 0.25) is 0 Å². The number of amides is 7. The number of aliphatic imine (C=N–C) groups is 1. The van der Waals surface area contributed by atoms with Crippen LogP contribution in [-0.4, -0.2) is 136 Å². The maximum absolute atomic E-state index is 14.0. The molecule has 7 amide bonds. The summed E-state index contributed by atoms with van der Waals surface area (Å²) in [6.45, 7) is 12.3. The van der Waals surface area contributed by atoms with Crippen molar-refractivity contribution in [3.63, 3.8) is 0 Å². The van der Waals surface area contributed by atoms with Gasteiger partial charge in [-0.2, -0.15) is 0 Å². The fourth-order valence-electron chi connectivity index (χ4n) is 20.6. The number of nitrogens with zero attached hydrogens (tertiary/aromatic N) is 3. The van der Waals surface area contributed by atoms with E-state index >= 15 is 0 Å². The average Bonchev–Trinajstić information content (AvgIpc) is 1.56. The van der Waals surface area contributed by atoms with Crippen LogP contribution in [0.25, 0.3) is 93.0 Å². The Morgan fingerprint density at radius 3 is 1.16 bits per heavy atom. The third kappa shape index (κ3) is 22.6. The van der Waals surface area contributed by atoms with Crippen LogP contribution in [0.5, 0.6) is 0 Å². The van der Waals surface area contributed by atoms with Crippen molar-refractivity contribution >= 4 is 169 Å². The van der Waals surface area contributed by atoms with Crippen molar-refractivity contribution < 1.29 is 52.7 Å². The fraction of sp³-hybridized carbons (Fsp3) is 0.333. The molecule has 140 heavy (non-hydrogen) atoms. The number of hydrogen-bond donors (Lipinski definition) is 9. The van der Waals surface area contributed by atoms with Gasteiger partial charge in [0.2, 0.25) is 17.7 Å². The van der Waals surface area contributed by atoms with E-state index in [-0.39, 0.29) is 70.4 Å². The summed E-state index contributed by atoms with van der Waals surface area (Å²) in [7, 11) is 3.33. The smallest absolute Gasteiger partial charge is 0.268 e. The molecule has 23 nitrogen and oxygen atoms in total. The van der Waals surface area contributed by atoms with Crippen LogP contribution in [-0.2, 0) is 52.7 Å². The molecule has 9 N–H and O–H groups in total. The Bertz CT molecular complexity index is 6950. The number of H-pyrrole nitrogens is 7. The highest BCUT2D eigenvalue weighted by atomic mass is 16.2. The molecule has 0 spiro atoms. The molecule has 7 aromatic heterocycles. The Hall–Kier alpha value is -14.7.